The van der Waals surface area contributed by atoms with Crippen LogP contribution >= 0.6 is 23.2 Å². The highest BCUT2D eigenvalue weighted by molar-refractivity contribution is 6.36. The molecule has 1 atom stereocenters. The Labute approximate surface area is 142 Å². The number of nitrogens with one attached hydrogen (secondary N) is 1. The minimum atomic E-state index is 0.580. The van der Waals surface area contributed by atoms with Crippen LogP contribution in [-0.4, -0.2) is 44.2 Å². The smallest absolute Gasteiger partial charge is 0.145 e. The fraction of sp³-hybridized carbons (Fsp3) is 0.529. The number of hydrogen-bond acceptors (Lipinski definition) is 3. The summed E-state index contributed by atoms with van der Waals surface area (Å²) in [6.07, 6.45) is 3.43. The summed E-state index contributed by atoms with van der Waals surface area (Å²) in [7, 11) is 0. The lowest BCUT2D eigenvalue weighted by Gasteiger charge is -2.20. The van der Waals surface area contributed by atoms with Crippen LogP contribution in [0.5, 0.6) is 5.75 Å². The zero-order chi connectivity index (χ0) is 15.5. The van der Waals surface area contributed by atoms with Gasteiger partial charge in [-0.1, -0.05) is 30.1 Å². The molecule has 0 amide bonds. The Hall–Kier alpha value is -0.740. The molecule has 2 heterocycles. The maximum absolute atomic E-state index is 6.15. The molecule has 1 aromatic rings. The van der Waals surface area contributed by atoms with E-state index in [2.05, 4.69) is 23.2 Å². The molecule has 2 aliphatic rings. The fourth-order valence-corrected chi connectivity index (χ4v) is 3.74. The summed E-state index contributed by atoms with van der Waals surface area (Å²) in [5, 5.41) is 4.78. The summed E-state index contributed by atoms with van der Waals surface area (Å²) in [6.45, 7) is 8.35. The number of fused-ring (bicyclic) bond motifs is 1. The van der Waals surface area contributed by atoms with Crippen molar-refractivity contribution in [2.75, 3.05) is 39.3 Å². The highest BCUT2D eigenvalue weighted by atomic mass is 35.5. The molecule has 0 bridgehead atoms. The average molecular weight is 341 g/mol. The molecule has 0 aliphatic carbocycles. The predicted octanol–water partition coefficient (Wildman–Crippen LogP) is 3.70. The monoisotopic (exact) mass is 340 g/mol. The number of likely N-dealkylation sites (tertiary alicyclic amines) is 1. The van der Waals surface area contributed by atoms with Crippen LogP contribution in [-0.2, 0) is 0 Å². The van der Waals surface area contributed by atoms with Gasteiger partial charge in [0.1, 0.15) is 12.4 Å². The van der Waals surface area contributed by atoms with Crippen molar-refractivity contribution in [1.82, 2.24) is 10.2 Å². The minimum absolute atomic E-state index is 0.580. The molecule has 1 N–H and O–H groups in total. The van der Waals surface area contributed by atoms with Crippen molar-refractivity contribution in [2.24, 2.45) is 5.92 Å². The first kappa shape index (κ1) is 16.1. The third-order valence-corrected chi connectivity index (χ3v) is 4.90. The lowest BCUT2D eigenvalue weighted by Crippen LogP contribution is -2.29. The predicted molar refractivity (Wildman–Crippen MR) is 93.0 cm³/mol. The van der Waals surface area contributed by atoms with Crippen LogP contribution in [0, 0.1) is 5.92 Å². The third-order valence-electron chi connectivity index (χ3n) is 4.40. The normalized spacial score (nSPS) is 21.4. The first-order valence-corrected chi connectivity index (χ1v) is 8.65. The summed E-state index contributed by atoms with van der Waals surface area (Å²) >= 11 is 12.2. The van der Waals surface area contributed by atoms with E-state index in [0.29, 0.717) is 16.7 Å². The Morgan fingerprint density at radius 1 is 1.36 bits per heavy atom. The van der Waals surface area contributed by atoms with E-state index in [1.165, 1.54) is 25.1 Å². The van der Waals surface area contributed by atoms with Gasteiger partial charge in [0.15, 0.2) is 0 Å². The van der Waals surface area contributed by atoms with Gasteiger partial charge in [-0.05, 0) is 55.8 Å². The minimum Gasteiger partial charge on any atom is -0.487 e. The third kappa shape index (κ3) is 3.77. The first-order chi connectivity index (χ1) is 10.7. The molecule has 0 radical (unpaired) electrons. The van der Waals surface area contributed by atoms with Gasteiger partial charge in [0.25, 0.3) is 0 Å². The SMILES string of the molecule is CCN1CCC(CNCC2=Cc3cc(Cl)cc(Cl)c3OC2)C1. The summed E-state index contributed by atoms with van der Waals surface area (Å²) in [5.41, 5.74) is 2.20. The van der Waals surface area contributed by atoms with Crippen LogP contribution in [0.4, 0.5) is 0 Å². The van der Waals surface area contributed by atoms with Crippen molar-refractivity contribution in [2.45, 2.75) is 13.3 Å². The molecule has 0 spiro atoms. The Kier molecular flexibility index (Phi) is 5.29. The van der Waals surface area contributed by atoms with Crippen LogP contribution < -0.4 is 10.1 Å². The number of ether oxygens (including phenoxy) is 1. The van der Waals surface area contributed by atoms with Crippen molar-refractivity contribution in [3.63, 3.8) is 0 Å². The standard InChI is InChI=1S/C17H22Cl2N2O/c1-2-21-4-3-12(10-21)8-20-9-13-5-14-6-15(18)7-16(19)17(14)22-11-13/h5-7,12,20H,2-4,8-11H2,1H3. The van der Waals surface area contributed by atoms with Gasteiger partial charge in [-0.2, -0.15) is 0 Å². The number of hydrogen-bond donors (Lipinski definition) is 1. The van der Waals surface area contributed by atoms with E-state index in [1.54, 1.807) is 6.07 Å². The molecular formula is C17H22Cl2N2O. The van der Waals surface area contributed by atoms with Crippen LogP contribution in [0.2, 0.25) is 10.0 Å². The Balaban J connectivity index is 1.54. The molecule has 5 heteroatoms. The zero-order valence-electron chi connectivity index (χ0n) is 12.9. The van der Waals surface area contributed by atoms with Gasteiger partial charge >= 0.3 is 0 Å². The molecule has 3 rings (SSSR count). The van der Waals surface area contributed by atoms with E-state index < -0.39 is 0 Å². The molecule has 1 fully saturated rings. The van der Waals surface area contributed by atoms with E-state index in [9.17, 15) is 0 Å². The molecule has 2 aliphatic heterocycles. The van der Waals surface area contributed by atoms with Crippen molar-refractivity contribution in [3.05, 3.63) is 33.3 Å². The van der Waals surface area contributed by atoms with E-state index in [4.69, 9.17) is 27.9 Å². The van der Waals surface area contributed by atoms with Crippen molar-refractivity contribution in [1.29, 1.82) is 0 Å². The second-order valence-corrected chi connectivity index (χ2v) is 6.92. The molecular weight excluding hydrogens is 319 g/mol. The number of rotatable bonds is 5. The highest BCUT2D eigenvalue weighted by Crippen LogP contribution is 2.36. The van der Waals surface area contributed by atoms with E-state index in [0.717, 1.165) is 36.9 Å². The Bertz CT molecular complexity index is 574. The summed E-state index contributed by atoms with van der Waals surface area (Å²) in [4.78, 5) is 2.51. The number of nitrogens with zero attached hydrogens (tertiary/aromatic N) is 1. The van der Waals surface area contributed by atoms with Gasteiger partial charge in [-0.25, -0.2) is 0 Å². The fourth-order valence-electron chi connectivity index (χ4n) is 3.17. The summed E-state index contributed by atoms with van der Waals surface area (Å²) < 4.78 is 5.77. The zero-order valence-corrected chi connectivity index (χ0v) is 14.4. The highest BCUT2D eigenvalue weighted by Gasteiger charge is 2.21. The largest absolute Gasteiger partial charge is 0.487 e. The van der Waals surface area contributed by atoms with Gasteiger partial charge in [0.2, 0.25) is 0 Å². The molecule has 0 aromatic heterocycles. The quantitative estimate of drug-likeness (QED) is 0.884. The molecule has 1 aromatic carbocycles. The van der Waals surface area contributed by atoms with Crippen molar-refractivity contribution in [3.8, 4) is 5.75 Å². The maximum atomic E-state index is 6.15. The van der Waals surface area contributed by atoms with Crippen LogP contribution in [0.3, 0.4) is 0 Å². The maximum Gasteiger partial charge on any atom is 0.145 e. The van der Waals surface area contributed by atoms with Gasteiger partial charge in [0, 0.05) is 23.7 Å². The lowest BCUT2D eigenvalue weighted by molar-refractivity contribution is 0.334. The second-order valence-electron chi connectivity index (χ2n) is 6.08. The molecule has 120 valence electrons. The van der Waals surface area contributed by atoms with Gasteiger partial charge in [-0.3, -0.25) is 0 Å². The van der Waals surface area contributed by atoms with Crippen LogP contribution in [0.25, 0.3) is 6.08 Å². The number of benzene rings is 1. The van der Waals surface area contributed by atoms with Gasteiger partial charge in [0.05, 0.1) is 5.02 Å². The van der Waals surface area contributed by atoms with E-state index in [-0.39, 0.29) is 0 Å². The summed E-state index contributed by atoms with van der Waals surface area (Å²) in [6, 6.07) is 3.62. The molecule has 3 nitrogen and oxygen atoms in total. The van der Waals surface area contributed by atoms with Crippen LogP contribution in [0.15, 0.2) is 17.7 Å². The van der Waals surface area contributed by atoms with E-state index in [1.807, 2.05) is 6.07 Å². The topological polar surface area (TPSA) is 24.5 Å². The van der Waals surface area contributed by atoms with Crippen molar-refractivity contribution >= 4 is 29.3 Å². The molecule has 1 unspecified atom stereocenters. The molecule has 0 saturated carbocycles. The van der Waals surface area contributed by atoms with Crippen LogP contribution in [0.1, 0.15) is 18.9 Å². The van der Waals surface area contributed by atoms with Crippen molar-refractivity contribution < 1.29 is 4.74 Å². The second kappa shape index (κ2) is 7.22. The molecule has 22 heavy (non-hydrogen) atoms. The molecule has 1 saturated heterocycles. The van der Waals surface area contributed by atoms with Gasteiger partial charge in [-0.15, -0.1) is 0 Å². The first-order valence-electron chi connectivity index (χ1n) is 7.90. The Morgan fingerprint density at radius 2 is 2.23 bits per heavy atom. The van der Waals surface area contributed by atoms with Gasteiger partial charge < -0.3 is 15.0 Å². The lowest BCUT2D eigenvalue weighted by atomic mass is 10.1. The summed E-state index contributed by atoms with van der Waals surface area (Å²) in [5.74, 6) is 1.51. The number of halogens is 2. The Morgan fingerprint density at radius 3 is 3.00 bits per heavy atom. The van der Waals surface area contributed by atoms with E-state index >= 15 is 0 Å². The average Bonchev–Trinajstić information content (AvgIpc) is 2.94.